The van der Waals surface area contributed by atoms with Crippen LogP contribution in [0.5, 0.6) is 0 Å². The minimum Gasteiger partial charge on any atom is -0.396 e. The van der Waals surface area contributed by atoms with Gasteiger partial charge in [-0.15, -0.1) is 0 Å². The van der Waals surface area contributed by atoms with Gasteiger partial charge < -0.3 is 10.0 Å². The molecule has 1 N–H and O–H groups in total. The van der Waals surface area contributed by atoms with Gasteiger partial charge in [-0.3, -0.25) is 4.68 Å². The van der Waals surface area contributed by atoms with E-state index < -0.39 is 0 Å². The number of fused-ring (bicyclic) bond motifs is 1. The Morgan fingerprint density at radius 3 is 2.85 bits per heavy atom. The van der Waals surface area contributed by atoms with E-state index >= 15 is 0 Å². The second-order valence-electron chi connectivity index (χ2n) is 5.54. The highest BCUT2D eigenvalue weighted by molar-refractivity contribution is 5.69. The minimum absolute atomic E-state index is 0.257. The molecule has 0 aliphatic carbocycles. The van der Waals surface area contributed by atoms with Crippen molar-refractivity contribution in [2.45, 2.75) is 13.3 Å². The molecule has 0 fully saturated rings. The van der Waals surface area contributed by atoms with Crippen molar-refractivity contribution in [3.8, 4) is 11.1 Å². The lowest BCUT2D eigenvalue weighted by molar-refractivity contribution is 0.224. The van der Waals surface area contributed by atoms with E-state index in [2.05, 4.69) is 35.1 Å². The van der Waals surface area contributed by atoms with Crippen LogP contribution in [-0.2, 0) is 13.5 Å². The third kappa shape index (κ3) is 2.31. The molecule has 2 aromatic rings. The molecule has 1 aromatic heterocycles. The molecular weight excluding hydrogens is 250 g/mol. The van der Waals surface area contributed by atoms with E-state index in [1.807, 2.05) is 24.1 Å². The van der Waals surface area contributed by atoms with Crippen molar-refractivity contribution in [1.82, 2.24) is 9.78 Å². The highest BCUT2D eigenvalue weighted by Crippen LogP contribution is 2.33. The highest BCUT2D eigenvalue weighted by Gasteiger charge is 2.23. The van der Waals surface area contributed by atoms with Gasteiger partial charge in [-0.05, 0) is 36.6 Å². The first-order valence-corrected chi connectivity index (χ1v) is 7.19. The zero-order valence-electron chi connectivity index (χ0n) is 12.1. The van der Waals surface area contributed by atoms with Gasteiger partial charge >= 0.3 is 0 Å². The number of aliphatic hydroxyl groups excluding tert-OH is 1. The fourth-order valence-electron chi connectivity index (χ4n) is 3.01. The van der Waals surface area contributed by atoms with Gasteiger partial charge in [-0.1, -0.05) is 6.07 Å². The van der Waals surface area contributed by atoms with Gasteiger partial charge in [0.25, 0.3) is 0 Å². The maximum absolute atomic E-state index is 9.48. The van der Waals surface area contributed by atoms with Crippen LogP contribution in [0.4, 0.5) is 5.69 Å². The van der Waals surface area contributed by atoms with Crippen LogP contribution >= 0.6 is 0 Å². The average Bonchev–Trinajstić information content (AvgIpc) is 2.92. The largest absolute Gasteiger partial charge is 0.396 e. The number of rotatable bonds is 3. The van der Waals surface area contributed by atoms with Gasteiger partial charge in [0.05, 0.1) is 6.20 Å². The SMILES string of the molecule is CCN1C[C@H](CO)Cc2cc(-c3cnn(C)c3)ccc21. The molecule has 0 saturated carbocycles. The monoisotopic (exact) mass is 271 g/mol. The summed E-state index contributed by atoms with van der Waals surface area (Å²) in [5, 5.41) is 13.7. The van der Waals surface area contributed by atoms with Gasteiger partial charge in [0, 0.05) is 50.1 Å². The topological polar surface area (TPSA) is 41.3 Å². The van der Waals surface area contributed by atoms with Crippen LogP contribution in [0.3, 0.4) is 0 Å². The summed E-state index contributed by atoms with van der Waals surface area (Å²) < 4.78 is 1.82. The number of aliphatic hydroxyl groups is 1. The molecule has 3 rings (SSSR count). The first kappa shape index (κ1) is 13.2. The lowest BCUT2D eigenvalue weighted by atomic mass is 9.91. The molecule has 1 atom stereocenters. The van der Waals surface area contributed by atoms with Crippen LogP contribution in [0.1, 0.15) is 12.5 Å². The number of hydrogen-bond donors (Lipinski definition) is 1. The zero-order valence-corrected chi connectivity index (χ0v) is 12.1. The summed E-state index contributed by atoms with van der Waals surface area (Å²) in [4.78, 5) is 2.35. The van der Waals surface area contributed by atoms with E-state index in [4.69, 9.17) is 0 Å². The summed E-state index contributed by atoms with van der Waals surface area (Å²) in [5.74, 6) is 0.339. The predicted octanol–water partition coefficient (Wildman–Crippen LogP) is 2.08. The van der Waals surface area contributed by atoms with Crippen LogP contribution in [0.15, 0.2) is 30.6 Å². The number of hydrogen-bond acceptors (Lipinski definition) is 3. The predicted molar refractivity (Wildman–Crippen MR) is 80.8 cm³/mol. The van der Waals surface area contributed by atoms with Crippen LogP contribution < -0.4 is 4.90 Å². The first-order chi connectivity index (χ1) is 9.71. The Kier molecular flexibility index (Phi) is 3.49. The molecular formula is C16H21N3O. The second-order valence-corrected chi connectivity index (χ2v) is 5.54. The lowest BCUT2D eigenvalue weighted by Crippen LogP contribution is -2.36. The Balaban J connectivity index is 1.99. The third-order valence-corrected chi connectivity index (χ3v) is 4.09. The molecule has 0 saturated heterocycles. The fraction of sp³-hybridized carbons (Fsp3) is 0.438. The van der Waals surface area contributed by atoms with Crippen molar-refractivity contribution < 1.29 is 5.11 Å². The number of aromatic nitrogens is 2. The van der Waals surface area contributed by atoms with Crippen molar-refractivity contribution in [2.24, 2.45) is 13.0 Å². The van der Waals surface area contributed by atoms with Gasteiger partial charge in [-0.25, -0.2) is 0 Å². The van der Waals surface area contributed by atoms with Crippen LogP contribution in [0.2, 0.25) is 0 Å². The van der Waals surface area contributed by atoms with E-state index in [1.165, 1.54) is 16.8 Å². The van der Waals surface area contributed by atoms with E-state index in [0.717, 1.165) is 25.1 Å². The van der Waals surface area contributed by atoms with Crippen molar-refractivity contribution in [3.05, 3.63) is 36.2 Å². The average molecular weight is 271 g/mol. The molecule has 1 aliphatic rings. The normalized spacial score (nSPS) is 18.1. The molecule has 106 valence electrons. The Hall–Kier alpha value is -1.81. The summed E-state index contributed by atoms with van der Waals surface area (Å²) >= 11 is 0. The van der Waals surface area contributed by atoms with E-state index in [-0.39, 0.29) is 6.61 Å². The van der Waals surface area contributed by atoms with Gasteiger partial charge in [-0.2, -0.15) is 5.10 Å². The van der Waals surface area contributed by atoms with Gasteiger partial charge in [0.15, 0.2) is 0 Å². The van der Waals surface area contributed by atoms with Crippen molar-refractivity contribution in [3.63, 3.8) is 0 Å². The Labute approximate surface area is 119 Å². The van der Waals surface area contributed by atoms with E-state index in [0.29, 0.717) is 5.92 Å². The molecule has 0 amide bonds. The molecule has 0 bridgehead atoms. The zero-order chi connectivity index (χ0) is 14.1. The Bertz CT molecular complexity index is 606. The Morgan fingerprint density at radius 2 is 2.20 bits per heavy atom. The summed E-state index contributed by atoms with van der Waals surface area (Å²) in [6, 6.07) is 6.61. The van der Waals surface area contributed by atoms with Crippen LogP contribution in [0, 0.1) is 5.92 Å². The molecule has 1 aromatic carbocycles. The number of aryl methyl sites for hydroxylation is 1. The summed E-state index contributed by atoms with van der Waals surface area (Å²) in [6.07, 6.45) is 4.88. The highest BCUT2D eigenvalue weighted by atomic mass is 16.3. The fourth-order valence-corrected chi connectivity index (χ4v) is 3.01. The quantitative estimate of drug-likeness (QED) is 0.929. The third-order valence-electron chi connectivity index (χ3n) is 4.09. The number of benzene rings is 1. The molecule has 4 heteroatoms. The van der Waals surface area contributed by atoms with E-state index in [1.54, 1.807) is 0 Å². The van der Waals surface area contributed by atoms with E-state index in [9.17, 15) is 5.11 Å². The molecule has 20 heavy (non-hydrogen) atoms. The van der Waals surface area contributed by atoms with Gasteiger partial charge in [0.1, 0.15) is 0 Å². The van der Waals surface area contributed by atoms with Crippen molar-refractivity contribution in [2.75, 3.05) is 24.6 Å². The van der Waals surface area contributed by atoms with Crippen LogP contribution in [0.25, 0.3) is 11.1 Å². The summed E-state index contributed by atoms with van der Waals surface area (Å²) in [5.41, 5.74) is 4.99. The molecule has 0 unspecified atom stereocenters. The Morgan fingerprint density at radius 1 is 1.35 bits per heavy atom. The smallest absolute Gasteiger partial charge is 0.0568 e. The summed E-state index contributed by atoms with van der Waals surface area (Å²) in [6.45, 7) is 4.35. The van der Waals surface area contributed by atoms with Gasteiger partial charge in [0.2, 0.25) is 0 Å². The maximum Gasteiger partial charge on any atom is 0.0568 e. The second kappa shape index (κ2) is 5.29. The van der Waals surface area contributed by atoms with Crippen LogP contribution in [-0.4, -0.2) is 34.6 Å². The molecule has 2 heterocycles. The molecule has 0 radical (unpaired) electrons. The molecule has 4 nitrogen and oxygen atoms in total. The maximum atomic E-state index is 9.48. The molecule has 0 spiro atoms. The standard InChI is InChI=1S/C16H21N3O/c1-3-19-9-12(11-20)6-14-7-13(4-5-16(14)19)15-8-17-18(2)10-15/h4-5,7-8,10,12,20H,3,6,9,11H2,1-2H3/t12-/m1/s1. The summed E-state index contributed by atoms with van der Waals surface area (Å²) in [7, 11) is 1.93. The molecule has 1 aliphatic heterocycles. The number of nitrogens with zero attached hydrogens (tertiary/aromatic N) is 3. The van der Waals surface area contributed by atoms with Crippen molar-refractivity contribution in [1.29, 1.82) is 0 Å². The number of anilines is 1. The van der Waals surface area contributed by atoms with Crippen molar-refractivity contribution >= 4 is 5.69 Å². The minimum atomic E-state index is 0.257. The lowest BCUT2D eigenvalue weighted by Gasteiger charge is -2.35. The first-order valence-electron chi connectivity index (χ1n) is 7.19.